The van der Waals surface area contributed by atoms with E-state index in [0.717, 1.165) is 38.5 Å². The lowest BCUT2D eigenvalue weighted by atomic mass is 10.2. The quantitative estimate of drug-likeness (QED) is 0.667. The summed E-state index contributed by atoms with van der Waals surface area (Å²) in [6.07, 6.45) is -0.545. The fourth-order valence-electron chi connectivity index (χ4n) is 3.12. The number of halogens is 2. The van der Waals surface area contributed by atoms with Crippen LogP contribution in [0.25, 0.3) is 0 Å². The van der Waals surface area contributed by atoms with Crippen LogP contribution in [0.15, 0.2) is 48.5 Å². The van der Waals surface area contributed by atoms with E-state index in [2.05, 4.69) is 9.80 Å². The first-order valence-electron chi connectivity index (χ1n) is 9.48. The smallest absolute Gasteiger partial charge is 0.138 e. The maximum atomic E-state index is 10.3. The maximum Gasteiger partial charge on any atom is 0.138 e. The van der Waals surface area contributed by atoms with Crippen molar-refractivity contribution in [3.63, 3.8) is 0 Å². The monoisotopic (exact) mass is 424 g/mol. The number of aliphatic hydroxyl groups is 1. The summed E-state index contributed by atoms with van der Waals surface area (Å²) in [5, 5.41) is 11.5. The van der Waals surface area contributed by atoms with Gasteiger partial charge >= 0.3 is 0 Å². The third-order valence-electron chi connectivity index (χ3n) is 4.69. The van der Waals surface area contributed by atoms with Gasteiger partial charge in [0.05, 0.1) is 5.02 Å². The number of β-amino-alcohol motifs (C(OH)–C–C–N with tert-alkyl or cyclic N) is 1. The molecule has 28 heavy (non-hydrogen) atoms. The van der Waals surface area contributed by atoms with E-state index < -0.39 is 6.10 Å². The highest BCUT2D eigenvalue weighted by atomic mass is 35.5. The molecule has 0 aliphatic carbocycles. The van der Waals surface area contributed by atoms with Crippen LogP contribution in [0.2, 0.25) is 10.0 Å². The summed E-state index contributed by atoms with van der Waals surface area (Å²) in [6, 6.07) is 14.7. The van der Waals surface area contributed by atoms with Gasteiger partial charge in [0, 0.05) is 44.3 Å². The van der Waals surface area contributed by atoms with Gasteiger partial charge in [-0.2, -0.15) is 0 Å². The van der Waals surface area contributed by atoms with Gasteiger partial charge in [-0.1, -0.05) is 35.3 Å². The minimum Gasteiger partial charge on any atom is -0.492 e. The summed E-state index contributed by atoms with van der Waals surface area (Å²) in [7, 11) is 0. The molecule has 1 N–H and O–H groups in total. The highest BCUT2D eigenvalue weighted by Crippen LogP contribution is 2.23. The number of aliphatic hydroxyl groups excluding tert-OH is 1. The lowest BCUT2D eigenvalue weighted by Gasteiger charge is -2.35. The van der Waals surface area contributed by atoms with E-state index in [1.165, 1.54) is 0 Å². The average Bonchev–Trinajstić information content (AvgIpc) is 2.70. The van der Waals surface area contributed by atoms with Gasteiger partial charge in [-0.25, -0.2) is 0 Å². The number of ether oxygens (including phenoxy) is 2. The third-order valence-corrected chi connectivity index (χ3v) is 5.26. The lowest BCUT2D eigenvalue weighted by molar-refractivity contribution is 0.0436. The Kier molecular flexibility index (Phi) is 8.25. The van der Waals surface area contributed by atoms with E-state index in [4.69, 9.17) is 32.7 Å². The minimum absolute atomic E-state index is 0.235. The van der Waals surface area contributed by atoms with Gasteiger partial charge in [0.1, 0.15) is 30.8 Å². The predicted molar refractivity (Wildman–Crippen MR) is 113 cm³/mol. The number of piperazine rings is 1. The molecule has 2 aromatic rings. The number of benzene rings is 2. The zero-order chi connectivity index (χ0) is 19.8. The van der Waals surface area contributed by atoms with Crippen LogP contribution in [0.3, 0.4) is 0 Å². The minimum atomic E-state index is -0.545. The molecule has 0 spiro atoms. The van der Waals surface area contributed by atoms with Crippen molar-refractivity contribution >= 4 is 23.2 Å². The highest BCUT2D eigenvalue weighted by Gasteiger charge is 2.19. The average molecular weight is 425 g/mol. The van der Waals surface area contributed by atoms with E-state index in [1.807, 2.05) is 36.4 Å². The fourth-order valence-corrected chi connectivity index (χ4v) is 3.43. The van der Waals surface area contributed by atoms with Gasteiger partial charge in [0.25, 0.3) is 0 Å². The molecule has 0 bridgehead atoms. The van der Waals surface area contributed by atoms with Gasteiger partial charge in [0.2, 0.25) is 0 Å². The molecular weight excluding hydrogens is 399 g/mol. The standard InChI is InChI=1S/C21H26Cl2N2O3/c22-17-5-7-19(8-6-17)27-14-13-24-9-11-25(12-10-24)15-18(26)16-28-21-4-2-1-3-20(21)23/h1-8,18,26H,9-16H2. The van der Waals surface area contributed by atoms with Crippen LogP contribution in [-0.2, 0) is 0 Å². The molecule has 152 valence electrons. The normalized spacial score (nSPS) is 16.7. The first-order valence-corrected chi connectivity index (χ1v) is 10.2. The molecule has 0 amide bonds. The molecule has 1 fully saturated rings. The first-order chi connectivity index (χ1) is 13.6. The summed E-state index contributed by atoms with van der Waals surface area (Å²) < 4.78 is 11.4. The molecule has 5 nitrogen and oxygen atoms in total. The van der Waals surface area contributed by atoms with Gasteiger partial charge < -0.3 is 14.6 Å². The molecule has 1 heterocycles. The molecule has 3 rings (SSSR count). The summed E-state index contributed by atoms with van der Waals surface area (Å²) >= 11 is 11.9. The van der Waals surface area contributed by atoms with E-state index in [0.29, 0.717) is 28.9 Å². The lowest BCUT2D eigenvalue weighted by Crippen LogP contribution is -2.50. The molecule has 1 aliphatic heterocycles. The van der Waals surface area contributed by atoms with Crippen LogP contribution >= 0.6 is 23.2 Å². The van der Waals surface area contributed by atoms with Crippen molar-refractivity contribution in [2.45, 2.75) is 6.10 Å². The van der Waals surface area contributed by atoms with Crippen LogP contribution < -0.4 is 9.47 Å². The number of para-hydroxylation sites is 1. The maximum absolute atomic E-state index is 10.3. The van der Waals surface area contributed by atoms with Crippen molar-refractivity contribution in [1.82, 2.24) is 9.80 Å². The molecule has 1 aliphatic rings. The second kappa shape index (κ2) is 10.9. The van der Waals surface area contributed by atoms with Crippen molar-refractivity contribution in [2.75, 3.05) is 52.5 Å². The fraction of sp³-hybridized carbons (Fsp3) is 0.429. The van der Waals surface area contributed by atoms with Crippen molar-refractivity contribution in [2.24, 2.45) is 0 Å². The Balaban J connectivity index is 1.30. The van der Waals surface area contributed by atoms with Gasteiger partial charge in [0.15, 0.2) is 0 Å². The zero-order valence-corrected chi connectivity index (χ0v) is 17.3. The van der Waals surface area contributed by atoms with Crippen LogP contribution in [0, 0.1) is 0 Å². The molecule has 1 unspecified atom stereocenters. The topological polar surface area (TPSA) is 45.2 Å². The largest absolute Gasteiger partial charge is 0.492 e. The Hall–Kier alpha value is -1.50. The van der Waals surface area contributed by atoms with Gasteiger partial charge in [-0.3, -0.25) is 9.80 Å². The van der Waals surface area contributed by atoms with E-state index >= 15 is 0 Å². The summed E-state index contributed by atoms with van der Waals surface area (Å²) in [4.78, 5) is 4.64. The zero-order valence-electron chi connectivity index (χ0n) is 15.8. The number of rotatable bonds is 9. The summed E-state index contributed by atoms with van der Waals surface area (Å²) in [5.74, 6) is 1.44. The molecule has 1 atom stereocenters. The molecule has 1 saturated heterocycles. The molecule has 0 radical (unpaired) electrons. The van der Waals surface area contributed by atoms with Crippen molar-refractivity contribution < 1.29 is 14.6 Å². The van der Waals surface area contributed by atoms with Crippen LogP contribution in [0.1, 0.15) is 0 Å². The van der Waals surface area contributed by atoms with Crippen LogP contribution in [0.5, 0.6) is 11.5 Å². The first kappa shape index (κ1) is 21.2. The molecular formula is C21H26Cl2N2O3. The number of nitrogens with zero attached hydrogens (tertiary/aromatic N) is 2. The van der Waals surface area contributed by atoms with Gasteiger partial charge in [-0.15, -0.1) is 0 Å². The van der Waals surface area contributed by atoms with E-state index in [1.54, 1.807) is 12.1 Å². The van der Waals surface area contributed by atoms with Crippen LogP contribution in [-0.4, -0.2) is 73.5 Å². The SMILES string of the molecule is OC(COc1ccccc1Cl)CN1CCN(CCOc2ccc(Cl)cc2)CC1. The Labute approximate surface area is 176 Å². The van der Waals surface area contributed by atoms with Crippen LogP contribution in [0.4, 0.5) is 0 Å². The Morgan fingerprint density at radius 2 is 1.57 bits per heavy atom. The Morgan fingerprint density at radius 3 is 2.29 bits per heavy atom. The van der Waals surface area contributed by atoms with Gasteiger partial charge in [-0.05, 0) is 36.4 Å². The number of hydrogen-bond donors (Lipinski definition) is 1. The Bertz CT molecular complexity index is 722. The predicted octanol–water partition coefficient (Wildman–Crippen LogP) is 3.43. The Morgan fingerprint density at radius 1 is 0.893 bits per heavy atom. The molecule has 0 aromatic heterocycles. The highest BCUT2D eigenvalue weighted by molar-refractivity contribution is 6.32. The molecule has 7 heteroatoms. The van der Waals surface area contributed by atoms with Crippen molar-refractivity contribution in [1.29, 1.82) is 0 Å². The third kappa shape index (κ3) is 6.83. The van der Waals surface area contributed by atoms with E-state index in [9.17, 15) is 5.11 Å². The van der Waals surface area contributed by atoms with Crippen molar-refractivity contribution in [3.05, 3.63) is 58.6 Å². The second-order valence-electron chi connectivity index (χ2n) is 6.84. The molecule has 0 saturated carbocycles. The number of hydrogen-bond acceptors (Lipinski definition) is 5. The second-order valence-corrected chi connectivity index (χ2v) is 7.68. The molecule has 2 aromatic carbocycles. The summed E-state index contributed by atoms with van der Waals surface area (Å²) in [6.45, 7) is 6.13. The summed E-state index contributed by atoms with van der Waals surface area (Å²) in [5.41, 5.74) is 0. The van der Waals surface area contributed by atoms with Crippen molar-refractivity contribution in [3.8, 4) is 11.5 Å². The van der Waals surface area contributed by atoms with E-state index in [-0.39, 0.29) is 6.61 Å².